The molecule has 2 rings (SSSR count). The number of rotatable bonds is 11. The van der Waals surface area contributed by atoms with Gasteiger partial charge in [0.25, 0.3) is 0 Å². The van der Waals surface area contributed by atoms with Crippen molar-refractivity contribution in [2.24, 2.45) is 0 Å². The minimum Gasteiger partial charge on any atom is -0.375 e. The van der Waals surface area contributed by atoms with Crippen molar-refractivity contribution in [2.45, 2.75) is 13.0 Å². The summed E-state index contributed by atoms with van der Waals surface area (Å²) in [4.78, 5) is 30.6. The van der Waals surface area contributed by atoms with Crippen LogP contribution in [-0.4, -0.2) is 59.6 Å². The topological polar surface area (TPSA) is 76.5 Å². The highest BCUT2D eigenvalue weighted by Crippen LogP contribution is 2.17. The minimum atomic E-state index is -0.181. The third-order valence-corrected chi connectivity index (χ3v) is 4.02. The first-order valence-corrected chi connectivity index (χ1v) is 8.80. The van der Waals surface area contributed by atoms with E-state index in [-0.39, 0.29) is 25.0 Å². The third-order valence-electron chi connectivity index (χ3n) is 4.02. The van der Waals surface area contributed by atoms with Crippen LogP contribution in [0.4, 0.5) is 0 Å². The summed E-state index contributed by atoms with van der Waals surface area (Å²) in [6.45, 7) is 8.93. The minimum absolute atomic E-state index is 0.0208. The molecule has 7 nitrogen and oxygen atoms in total. The highest BCUT2D eigenvalue weighted by Gasteiger charge is 2.17. The summed E-state index contributed by atoms with van der Waals surface area (Å²) in [6.07, 6.45) is 3.90. The zero-order valence-corrected chi connectivity index (χ0v) is 15.7. The average molecular weight is 370 g/mol. The van der Waals surface area contributed by atoms with Crippen molar-refractivity contribution in [1.82, 2.24) is 19.8 Å². The number of fused-ring (bicyclic) bond motifs is 1. The van der Waals surface area contributed by atoms with Gasteiger partial charge in [-0.3, -0.25) is 9.59 Å². The van der Waals surface area contributed by atoms with E-state index in [2.05, 4.69) is 23.5 Å². The molecule has 0 atom stereocenters. The van der Waals surface area contributed by atoms with E-state index in [9.17, 15) is 9.59 Å². The van der Waals surface area contributed by atoms with Gasteiger partial charge in [0.2, 0.25) is 11.8 Å². The molecule has 2 aromatic rings. The Bertz CT molecular complexity index is 803. The number of nitrogens with one attached hydrogen (secondary N) is 1. The van der Waals surface area contributed by atoms with Gasteiger partial charge in [-0.2, -0.15) is 0 Å². The molecule has 0 saturated heterocycles. The van der Waals surface area contributed by atoms with Crippen LogP contribution in [0, 0.1) is 0 Å². The average Bonchev–Trinajstić information content (AvgIpc) is 2.99. The van der Waals surface area contributed by atoms with Gasteiger partial charge < -0.3 is 19.5 Å². The zero-order valence-electron chi connectivity index (χ0n) is 15.7. The normalized spacial score (nSPS) is 10.6. The lowest BCUT2D eigenvalue weighted by molar-refractivity contribution is -0.130. The maximum absolute atomic E-state index is 12.7. The molecule has 1 N–H and O–H groups in total. The summed E-state index contributed by atoms with van der Waals surface area (Å²) < 4.78 is 6.71. The van der Waals surface area contributed by atoms with Gasteiger partial charge in [0.15, 0.2) is 0 Å². The summed E-state index contributed by atoms with van der Waals surface area (Å²) in [5, 5.41) is 2.78. The molecule has 0 unspecified atom stereocenters. The molecule has 1 aromatic heterocycles. The second kappa shape index (κ2) is 10.3. The number of hydrogen-bond acceptors (Lipinski definition) is 4. The van der Waals surface area contributed by atoms with Crippen LogP contribution in [-0.2, 0) is 27.3 Å². The molecule has 1 heterocycles. The van der Waals surface area contributed by atoms with Crippen molar-refractivity contribution >= 4 is 22.8 Å². The fourth-order valence-electron chi connectivity index (χ4n) is 2.81. The van der Waals surface area contributed by atoms with Crippen molar-refractivity contribution in [2.75, 3.05) is 33.4 Å². The molecular formula is C20H26N4O3. The van der Waals surface area contributed by atoms with Crippen molar-refractivity contribution < 1.29 is 14.3 Å². The van der Waals surface area contributed by atoms with Gasteiger partial charge in [-0.1, -0.05) is 24.3 Å². The summed E-state index contributed by atoms with van der Waals surface area (Å²) in [6, 6.07) is 7.68. The molecule has 0 aliphatic heterocycles. The highest BCUT2D eigenvalue weighted by molar-refractivity contribution is 5.81. The van der Waals surface area contributed by atoms with Crippen LogP contribution in [0.3, 0.4) is 0 Å². The van der Waals surface area contributed by atoms with Crippen LogP contribution in [0.15, 0.2) is 49.6 Å². The fraction of sp³-hybridized carbons (Fsp3) is 0.350. The van der Waals surface area contributed by atoms with Gasteiger partial charge in [-0.05, 0) is 12.1 Å². The first-order valence-electron chi connectivity index (χ1n) is 8.80. The van der Waals surface area contributed by atoms with E-state index in [1.807, 2.05) is 28.8 Å². The lowest BCUT2D eigenvalue weighted by atomic mass is 10.3. The fourth-order valence-corrected chi connectivity index (χ4v) is 2.81. The first-order chi connectivity index (χ1) is 13.1. The maximum Gasteiger partial charge on any atom is 0.245 e. The number of carbonyl (C=O) groups is 2. The molecule has 27 heavy (non-hydrogen) atoms. The molecule has 0 radical (unpaired) electrons. The maximum atomic E-state index is 12.7. The molecular weight excluding hydrogens is 344 g/mol. The van der Waals surface area contributed by atoms with Crippen LogP contribution in [0.1, 0.15) is 5.82 Å². The second-order valence-corrected chi connectivity index (χ2v) is 6.01. The van der Waals surface area contributed by atoms with Crippen LogP contribution in [0.25, 0.3) is 11.0 Å². The van der Waals surface area contributed by atoms with Gasteiger partial charge >= 0.3 is 0 Å². The number of hydrogen-bond donors (Lipinski definition) is 1. The third kappa shape index (κ3) is 5.52. The van der Waals surface area contributed by atoms with Crippen LogP contribution >= 0.6 is 0 Å². The molecule has 0 bridgehead atoms. The van der Waals surface area contributed by atoms with Crippen LogP contribution in [0.2, 0.25) is 0 Å². The smallest absolute Gasteiger partial charge is 0.245 e. The molecule has 144 valence electrons. The number of aromatic nitrogens is 2. The predicted molar refractivity (Wildman–Crippen MR) is 105 cm³/mol. The lowest BCUT2D eigenvalue weighted by Gasteiger charge is -2.20. The zero-order chi connectivity index (χ0) is 19.6. The van der Waals surface area contributed by atoms with Gasteiger partial charge in [0.05, 0.1) is 11.0 Å². The molecule has 7 heteroatoms. The Kier molecular flexibility index (Phi) is 7.76. The number of benzene rings is 1. The van der Waals surface area contributed by atoms with Crippen LogP contribution < -0.4 is 5.32 Å². The summed E-state index contributed by atoms with van der Waals surface area (Å²) in [7, 11) is 1.48. The SMILES string of the molecule is C=CCN(CC=C)C(=O)Cn1c(CCNC(=O)COC)nc2ccccc21. The Morgan fingerprint density at radius 2 is 1.96 bits per heavy atom. The van der Waals surface area contributed by atoms with Crippen molar-refractivity contribution in [3.63, 3.8) is 0 Å². The van der Waals surface area contributed by atoms with E-state index >= 15 is 0 Å². The summed E-state index contributed by atoms with van der Waals surface area (Å²) in [5.74, 6) is 0.529. The summed E-state index contributed by atoms with van der Waals surface area (Å²) in [5.41, 5.74) is 1.71. The number of carbonyl (C=O) groups excluding carboxylic acids is 2. The van der Waals surface area contributed by atoms with Crippen molar-refractivity contribution in [3.05, 3.63) is 55.4 Å². The standard InChI is InChI=1S/C20H26N4O3/c1-4-12-23(13-5-2)20(26)14-24-17-9-7-6-8-16(17)22-18(24)10-11-21-19(25)15-27-3/h4-9H,1-2,10-15H2,3H3,(H,21,25). The van der Waals surface area contributed by atoms with E-state index < -0.39 is 0 Å². The number of imidazole rings is 1. The van der Waals surface area contributed by atoms with Gasteiger partial charge in [-0.15, -0.1) is 13.2 Å². The van der Waals surface area contributed by atoms with Crippen molar-refractivity contribution in [1.29, 1.82) is 0 Å². The van der Waals surface area contributed by atoms with E-state index in [0.29, 0.717) is 26.1 Å². The molecule has 0 aliphatic carbocycles. The lowest BCUT2D eigenvalue weighted by Crippen LogP contribution is -2.35. The molecule has 0 fully saturated rings. The molecule has 2 amide bonds. The van der Waals surface area contributed by atoms with Gasteiger partial charge in [0, 0.05) is 33.2 Å². The van der Waals surface area contributed by atoms with E-state index in [1.165, 1.54) is 7.11 Å². The van der Waals surface area contributed by atoms with Gasteiger partial charge in [-0.25, -0.2) is 4.98 Å². The molecule has 0 spiro atoms. The number of methoxy groups -OCH3 is 1. The highest BCUT2D eigenvalue weighted by atomic mass is 16.5. The Morgan fingerprint density at radius 1 is 1.26 bits per heavy atom. The number of ether oxygens (including phenoxy) is 1. The molecule has 1 aromatic carbocycles. The second-order valence-electron chi connectivity index (χ2n) is 6.01. The monoisotopic (exact) mass is 370 g/mol. The summed E-state index contributed by atoms with van der Waals surface area (Å²) >= 11 is 0. The Morgan fingerprint density at radius 3 is 2.63 bits per heavy atom. The molecule has 0 saturated carbocycles. The first kappa shape index (κ1) is 20.4. The van der Waals surface area contributed by atoms with E-state index in [1.54, 1.807) is 17.1 Å². The van der Waals surface area contributed by atoms with E-state index in [0.717, 1.165) is 16.9 Å². The van der Waals surface area contributed by atoms with E-state index in [4.69, 9.17) is 4.74 Å². The number of amides is 2. The Labute approximate surface area is 159 Å². The molecule has 0 aliphatic rings. The van der Waals surface area contributed by atoms with Crippen molar-refractivity contribution in [3.8, 4) is 0 Å². The van der Waals surface area contributed by atoms with Crippen LogP contribution in [0.5, 0.6) is 0 Å². The quantitative estimate of drug-likeness (QED) is 0.609. The number of para-hydroxylation sites is 2. The van der Waals surface area contributed by atoms with Gasteiger partial charge in [0.1, 0.15) is 19.0 Å². The predicted octanol–water partition coefficient (Wildman–Crippen LogP) is 1.54. The number of nitrogens with zero attached hydrogens (tertiary/aromatic N) is 3. The Balaban J connectivity index is 2.20. The Hall–Kier alpha value is -2.93. The largest absolute Gasteiger partial charge is 0.375 e.